The Morgan fingerprint density at radius 1 is 1.17 bits per heavy atom. The molecule has 0 aliphatic carbocycles. The molecule has 0 unspecified atom stereocenters. The van der Waals surface area contributed by atoms with Gasteiger partial charge in [-0.15, -0.1) is 0 Å². The zero-order valence-electron chi connectivity index (χ0n) is 12.9. The van der Waals surface area contributed by atoms with Gasteiger partial charge in [0.25, 0.3) is 5.91 Å². The fourth-order valence-electron chi connectivity index (χ4n) is 3.18. The molecule has 1 amide bonds. The van der Waals surface area contributed by atoms with Gasteiger partial charge in [-0.25, -0.2) is 0 Å². The number of rotatable bonds is 2. The van der Waals surface area contributed by atoms with Crippen molar-refractivity contribution in [2.45, 2.75) is 20.0 Å². The molecule has 1 aromatic carbocycles. The standard InChI is InChI=1S/C18H17N3O2/c1-12(22)13-8-14-11-21(7-6-20(14)10-13)18(23)16-9-19-17-5-3-2-4-15(16)17/h2-5,8-10,19H,6-7,11H2,1H3. The molecule has 2 aromatic heterocycles. The third-order valence-electron chi connectivity index (χ3n) is 4.46. The number of nitrogens with zero attached hydrogens (tertiary/aromatic N) is 2. The van der Waals surface area contributed by atoms with Crippen molar-refractivity contribution in [3.05, 3.63) is 59.5 Å². The number of nitrogens with one attached hydrogen (secondary N) is 1. The molecule has 0 bridgehead atoms. The van der Waals surface area contributed by atoms with E-state index in [2.05, 4.69) is 9.55 Å². The number of benzene rings is 1. The van der Waals surface area contributed by atoms with Crippen molar-refractivity contribution in [2.24, 2.45) is 0 Å². The van der Waals surface area contributed by atoms with E-state index in [4.69, 9.17) is 0 Å². The topological polar surface area (TPSA) is 58.1 Å². The van der Waals surface area contributed by atoms with Gasteiger partial charge in [0, 0.05) is 47.6 Å². The first-order chi connectivity index (χ1) is 11.1. The summed E-state index contributed by atoms with van der Waals surface area (Å²) in [7, 11) is 0. The minimum atomic E-state index is 0.0271. The van der Waals surface area contributed by atoms with Crippen molar-refractivity contribution in [3.8, 4) is 0 Å². The van der Waals surface area contributed by atoms with Crippen LogP contribution in [0.25, 0.3) is 10.9 Å². The molecule has 0 spiro atoms. The molecule has 116 valence electrons. The van der Waals surface area contributed by atoms with Crippen LogP contribution in [0.5, 0.6) is 0 Å². The Balaban J connectivity index is 1.64. The predicted octanol–water partition coefficient (Wildman–Crippen LogP) is 2.83. The van der Waals surface area contributed by atoms with Gasteiger partial charge in [-0.1, -0.05) is 18.2 Å². The van der Waals surface area contributed by atoms with Crippen LogP contribution in [0, 0.1) is 0 Å². The Kier molecular flexibility index (Phi) is 3.08. The maximum absolute atomic E-state index is 12.9. The SMILES string of the molecule is CC(=O)c1cc2n(c1)CCN(C(=O)c1c[nH]c3ccccc13)C2. The summed E-state index contributed by atoms with van der Waals surface area (Å²) >= 11 is 0. The van der Waals surface area contributed by atoms with Gasteiger partial charge in [-0.2, -0.15) is 0 Å². The van der Waals surface area contributed by atoms with E-state index in [1.807, 2.05) is 41.4 Å². The third kappa shape index (κ3) is 2.25. The summed E-state index contributed by atoms with van der Waals surface area (Å²) in [5.41, 5.74) is 3.39. The summed E-state index contributed by atoms with van der Waals surface area (Å²) in [6, 6.07) is 9.70. The molecular formula is C18H17N3O2. The second-order valence-electron chi connectivity index (χ2n) is 5.94. The lowest BCUT2D eigenvalue weighted by Crippen LogP contribution is -2.37. The second kappa shape index (κ2) is 5.12. The van der Waals surface area contributed by atoms with Crippen molar-refractivity contribution >= 4 is 22.6 Å². The van der Waals surface area contributed by atoms with Crippen molar-refractivity contribution in [3.63, 3.8) is 0 Å². The molecule has 5 nitrogen and oxygen atoms in total. The predicted molar refractivity (Wildman–Crippen MR) is 87.5 cm³/mol. The molecule has 1 aliphatic heterocycles. The first-order valence-electron chi connectivity index (χ1n) is 7.69. The average Bonchev–Trinajstić information content (AvgIpc) is 3.17. The van der Waals surface area contributed by atoms with E-state index < -0.39 is 0 Å². The van der Waals surface area contributed by atoms with Gasteiger partial charge >= 0.3 is 0 Å². The van der Waals surface area contributed by atoms with Crippen LogP contribution in [0.3, 0.4) is 0 Å². The normalized spacial score (nSPS) is 14.0. The van der Waals surface area contributed by atoms with Crippen molar-refractivity contribution < 1.29 is 9.59 Å². The molecule has 4 rings (SSSR count). The monoisotopic (exact) mass is 307 g/mol. The minimum absolute atomic E-state index is 0.0271. The fraction of sp³-hybridized carbons (Fsp3) is 0.222. The van der Waals surface area contributed by atoms with E-state index in [0.29, 0.717) is 24.2 Å². The lowest BCUT2D eigenvalue weighted by Gasteiger charge is -2.28. The van der Waals surface area contributed by atoms with Crippen LogP contribution in [0.2, 0.25) is 0 Å². The highest BCUT2D eigenvalue weighted by atomic mass is 16.2. The van der Waals surface area contributed by atoms with E-state index in [0.717, 1.165) is 23.1 Å². The number of hydrogen-bond acceptors (Lipinski definition) is 2. The summed E-state index contributed by atoms with van der Waals surface area (Å²) in [6.45, 7) is 3.47. The molecule has 0 saturated heterocycles. The molecule has 1 N–H and O–H groups in total. The van der Waals surface area contributed by atoms with Gasteiger partial charge in [0.05, 0.1) is 12.1 Å². The molecule has 0 fully saturated rings. The van der Waals surface area contributed by atoms with Crippen LogP contribution in [0.15, 0.2) is 42.7 Å². The Morgan fingerprint density at radius 3 is 2.83 bits per heavy atom. The zero-order chi connectivity index (χ0) is 16.0. The first-order valence-corrected chi connectivity index (χ1v) is 7.69. The van der Waals surface area contributed by atoms with E-state index in [9.17, 15) is 9.59 Å². The van der Waals surface area contributed by atoms with Crippen LogP contribution < -0.4 is 0 Å². The van der Waals surface area contributed by atoms with E-state index in [1.54, 1.807) is 13.1 Å². The molecular weight excluding hydrogens is 290 g/mol. The minimum Gasteiger partial charge on any atom is -0.360 e. The molecule has 3 aromatic rings. The van der Waals surface area contributed by atoms with Gasteiger partial charge in [0.2, 0.25) is 0 Å². The number of hydrogen-bond donors (Lipinski definition) is 1. The lowest BCUT2D eigenvalue weighted by atomic mass is 10.1. The Hall–Kier alpha value is -2.82. The van der Waals surface area contributed by atoms with Gasteiger partial charge in [0.1, 0.15) is 0 Å². The van der Waals surface area contributed by atoms with E-state index in [-0.39, 0.29) is 11.7 Å². The number of H-pyrrole nitrogens is 1. The first kappa shape index (κ1) is 13.8. The quantitative estimate of drug-likeness (QED) is 0.740. The van der Waals surface area contributed by atoms with Crippen LogP contribution in [0.4, 0.5) is 0 Å². The van der Waals surface area contributed by atoms with Crippen molar-refractivity contribution in [1.82, 2.24) is 14.5 Å². The van der Waals surface area contributed by atoms with E-state index in [1.165, 1.54) is 0 Å². The van der Waals surface area contributed by atoms with E-state index >= 15 is 0 Å². The second-order valence-corrected chi connectivity index (χ2v) is 5.94. The van der Waals surface area contributed by atoms with Crippen LogP contribution in [-0.4, -0.2) is 32.7 Å². The summed E-state index contributed by atoms with van der Waals surface area (Å²) < 4.78 is 2.07. The number of para-hydroxylation sites is 1. The molecule has 23 heavy (non-hydrogen) atoms. The number of carbonyl (C=O) groups excluding carboxylic acids is 2. The fourth-order valence-corrected chi connectivity index (χ4v) is 3.18. The maximum Gasteiger partial charge on any atom is 0.256 e. The highest BCUT2D eigenvalue weighted by Gasteiger charge is 2.24. The molecule has 1 aliphatic rings. The van der Waals surface area contributed by atoms with Gasteiger partial charge < -0.3 is 14.5 Å². The smallest absolute Gasteiger partial charge is 0.256 e. The number of ketones is 1. The average molecular weight is 307 g/mol. The number of carbonyl (C=O) groups is 2. The number of aromatic amines is 1. The largest absolute Gasteiger partial charge is 0.360 e. The zero-order valence-corrected chi connectivity index (χ0v) is 12.9. The number of aromatic nitrogens is 2. The summed E-state index contributed by atoms with van der Waals surface area (Å²) in [6.07, 6.45) is 3.66. The Morgan fingerprint density at radius 2 is 2.00 bits per heavy atom. The molecule has 0 radical (unpaired) electrons. The molecule has 0 atom stereocenters. The van der Waals surface area contributed by atoms with Gasteiger partial charge in [-0.05, 0) is 19.1 Å². The Bertz CT molecular complexity index is 919. The molecule has 5 heteroatoms. The number of Topliss-reactive ketones (excluding diaryl/α,β-unsaturated/α-hetero) is 1. The van der Waals surface area contributed by atoms with Crippen molar-refractivity contribution in [1.29, 1.82) is 0 Å². The maximum atomic E-state index is 12.9. The summed E-state index contributed by atoms with van der Waals surface area (Å²) in [5, 5.41) is 0.947. The summed E-state index contributed by atoms with van der Waals surface area (Å²) in [4.78, 5) is 29.4. The Labute approximate surface area is 133 Å². The molecule has 3 heterocycles. The number of amides is 1. The number of fused-ring (bicyclic) bond motifs is 2. The highest BCUT2D eigenvalue weighted by molar-refractivity contribution is 6.06. The van der Waals surface area contributed by atoms with Gasteiger partial charge in [0.15, 0.2) is 5.78 Å². The van der Waals surface area contributed by atoms with Crippen molar-refractivity contribution in [2.75, 3.05) is 6.54 Å². The van der Waals surface area contributed by atoms with Crippen LogP contribution in [0.1, 0.15) is 33.3 Å². The highest BCUT2D eigenvalue weighted by Crippen LogP contribution is 2.23. The summed E-state index contributed by atoms with van der Waals surface area (Å²) in [5.74, 6) is 0.0840. The third-order valence-corrected chi connectivity index (χ3v) is 4.46. The van der Waals surface area contributed by atoms with Crippen LogP contribution in [-0.2, 0) is 13.1 Å². The van der Waals surface area contributed by atoms with Gasteiger partial charge in [-0.3, -0.25) is 9.59 Å². The lowest BCUT2D eigenvalue weighted by molar-refractivity contribution is 0.0713. The van der Waals surface area contributed by atoms with Crippen LogP contribution >= 0.6 is 0 Å². The molecule has 0 saturated carbocycles.